The van der Waals surface area contributed by atoms with Crippen LogP contribution in [0, 0.1) is 0 Å². The number of carbonyl (C=O) groups is 1. The zero-order valence-corrected chi connectivity index (χ0v) is 19.0. The van der Waals surface area contributed by atoms with E-state index in [0.717, 1.165) is 16.5 Å². The number of carbonyl (C=O) groups excluding carboxylic acids is 1. The van der Waals surface area contributed by atoms with Gasteiger partial charge in [0, 0.05) is 25.0 Å². The minimum absolute atomic E-state index is 0.0672. The van der Waals surface area contributed by atoms with E-state index in [1.165, 1.54) is 29.6 Å². The largest absolute Gasteiger partial charge is 0.496 e. The molecule has 1 amide bonds. The molecule has 0 spiro atoms. The van der Waals surface area contributed by atoms with Gasteiger partial charge in [0.25, 0.3) is 5.91 Å². The summed E-state index contributed by atoms with van der Waals surface area (Å²) in [6, 6.07) is 18.1. The number of benzene rings is 3. The zero-order valence-electron chi connectivity index (χ0n) is 18.2. The summed E-state index contributed by atoms with van der Waals surface area (Å²) in [5.74, 6) is 0.00865. The molecule has 1 saturated heterocycles. The normalized spacial score (nSPS) is 14.9. The smallest absolute Gasteiger partial charge is 0.262 e. The third kappa shape index (κ3) is 4.09. The van der Waals surface area contributed by atoms with Gasteiger partial charge < -0.3 is 14.4 Å². The lowest BCUT2D eigenvalue weighted by atomic mass is 10.1. The highest BCUT2D eigenvalue weighted by Crippen LogP contribution is 2.31. The molecule has 0 atom stereocenters. The average molecular weight is 455 g/mol. The predicted molar refractivity (Wildman–Crippen MR) is 124 cm³/mol. The van der Waals surface area contributed by atoms with Crippen LogP contribution in [0.4, 0.5) is 5.69 Å². The lowest BCUT2D eigenvalue weighted by Gasteiger charge is -2.27. The molecule has 3 aromatic rings. The number of methoxy groups -OCH3 is 1. The second-order valence-electron chi connectivity index (χ2n) is 7.43. The summed E-state index contributed by atoms with van der Waals surface area (Å²) in [6.45, 7) is 3.58. The number of anilines is 1. The summed E-state index contributed by atoms with van der Waals surface area (Å²) in [7, 11) is -2.28. The summed E-state index contributed by atoms with van der Waals surface area (Å²) >= 11 is 0. The number of sulfonamides is 1. The fourth-order valence-corrected chi connectivity index (χ4v) is 5.40. The van der Waals surface area contributed by atoms with Crippen LogP contribution < -0.4 is 9.64 Å². The van der Waals surface area contributed by atoms with Gasteiger partial charge in [-0.05, 0) is 36.6 Å². The summed E-state index contributed by atoms with van der Waals surface area (Å²) in [5.41, 5.74) is 0.968. The van der Waals surface area contributed by atoms with E-state index in [9.17, 15) is 13.2 Å². The maximum absolute atomic E-state index is 13.7. The van der Waals surface area contributed by atoms with Crippen LogP contribution in [-0.2, 0) is 14.8 Å². The first kappa shape index (κ1) is 22.3. The van der Waals surface area contributed by atoms with Crippen LogP contribution in [0.2, 0.25) is 0 Å². The first-order valence-corrected chi connectivity index (χ1v) is 12.0. The Balaban J connectivity index is 1.77. The average Bonchev–Trinajstić information content (AvgIpc) is 2.84. The third-order valence-electron chi connectivity index (χ3n) is 5.63. The quantitative estimate of drug-likeness (QED) is 0.570. The molecular formula is C24H26N2O5S. The number of rotatable bonds is 6. The van der Waals surface area contributed by atoms with E-state index >= 15 is 0 Å². The van der Waals surface area contributed by atoms with E-state index < -0.39 is 10.0 Å². The Morgan fingerprint density at radius 2 is 1.78 bits per heavy atom. The first-order chi connectivity index (χ1) is 15.5. The van der Waals surface area contributed by atoms with Gasteiger partial charge in [-0.1, -0.05) is 36.4 Å². The van der Waals surface area contributed by atoms with Gasteiger partial charge in [0.05, 0.1) is 36.5 Å². The fraction of sp³-hybridized carbons (Fsp3) is 0.292. The molecule has 0 aromatic heterocycles. The number of morpholine rings is 1. The molecule has 1 aliphatic heterocycles. The molecule has 1 heterocycles. The molecular weight excluding hydrogens is 428 g/mol. The van der Waals surface area contributed by atoms with Crippen molar-refractivity contribution in [2.45, 2.75) is 11.8 Å². The molecule has 1 fully saturated rings. The van der Waals surface area contributed by atoms with Gasteiger partial charge in [-0.25, -0.2) is 8.42 Å². The van der Waals surface area contributed by atoms with Crippen LogP contribution >= 0.6 is 0 Å². The Hall–Kier alpha value is -2.94. The Morgan fingerprint density at radius 1 is 1.06 bits per heavy atom. The van der Waals surface area contributed by atoms with Gasteiger partial charge in [-0.15, -0.1) is 0 Å². The zero-order chi connectivity index (χ0) is 22.7. The van der Waals surface area contributed by atoms with Gasteiger partial charge in [0.2, 0.25) is 10.0 Å². The molecule has 4 rings (SSSR count). The Labute approximate surface area is 188 Å². The van der Waals surface area contributed by atoms with Crippen molar-refractivity contribution in [3.8, 4) is 5.75 Å². The Bertz CT molecular complexity index is 1230. The van der Waals surface area contributed by atoms with Gasteiger partial charge in [-0.3, -0.25) is 4.79 Å². The van der Waals surface area contributed by atoms with Gasteiger partial charge in [0.1, 0.15) is 5.75 Å². The van der Waals surface area contributed by atoms with Crippen LogP contribution in [0.1, 0.15) is 17.3 Å². The van der Waals surface area contributed by atoms with E-state index in [1.807, 2.05) is 49.4 Å². The van der Waals surface area contributed by atoms with Crippen LogP contribution in [0.25, 0.3) is 10.8 Å². The second kappa shape index (κ2) is 9.28. The van der Waals surface area contributed by atoms with Crippen LogP contribution in [-0.4, -0.2) is 58.6 Å². The lowest BCUT2D eigenvalue weighted by molar-refractivity contribution is 0.0730. The maximum Gasteiger partial charge on any atom is 0.262 e. The van der Waals surface area contributed by atoms with Crippen molar-refractivity contribution in [1.82, 2.24) is 4.31 Å². The van der Waals surface area contributed by atoms with Crippen molar-refractivity contribution in [1.29, 1.82) is 0 Å². The molecule has 1 aliphatic rings. The van der Waals surface area contributed by atoms with Crippen molar-refractivity contribution >= 4 is 32.4 Å². The molecule has 32 heavy (non-hydrogen) atoms. The standard InChI is InChI=1S/C24H26N2O5S/c1-3-26(22-10-6-8-18-7-4-5-9-20(18)22)24(27)21-17-19(11-12-23(21)30-2)32(28,29)25-13-15-31-16-14-25/h4-12,17H,3,13-16H2,1-2H3. The van der Waals surface area contributed by atoms with Gasteiger partial charge in [0.15, 0.2) is 0 Å². The lowest BCUT2D eigenvalue weighted by Crippen LogP contribution is -2.40. The van der Waals surface area contributed by atoms with Crippen molar-refractivity contribution in [2.24, 2.45) is 0 Å². The molecule has 8 heteroatoms. The highest BCUT2D eigenvalue weighted by Gasteiger charge is 2.29. The third-order valence-corrected chi connectivity index (χ3v) is 7.52. The van der Waals surface area contributed by atoms with E-state index in [-0.39, 0.29) is 29.5 Å². The maximum atomic E-state index is 13.7. The highest BCUT2D eigenvalue weighted by atomic mass is 32.2. The van der Waals surface area contributed by atoms with E-state index in [1.54, 1.807) is 4.90 Å². The Morgan fingerprint density at radius 3 is 2.50 bits per heavy atom. The molecule has 0 radical (unpaired) electrons. The van der Waals surface area contributed by atoms with Crippen LogP contribution in [0.3, 0.4) is 0 Å². The van der Waals surface area contributed by atoms with Crippen molar-refractivity contribution < 1.29 is 22.7 Å². The van der Waals surface area contributed by atoms with Crippen LogP contribution in [0.15, 0.2) is 65.6 Å². The SMILES string of the molecule is CCN(C(=O)c1cc(S(=O)(=O)N2CCOCC2)ccc1OC)c1cccc2ccccc12. The molecule has 0 N–H and O–H groups in total. The minimum Gasteiger partial charge on any atom is -0.496 e. The summed E-state index contributed by atoms with van der Waals surface area (Å²) < 4.78 is 38.4. The number of fused-ring (bicyclic) bond motifs is 1. The molecule has 3 aromatic carbocycles. The predicted octanol–water partition coefficient (Wildman–Crippen LogP) is 3.54. The number of ether oxygens (including phenoxy) is 2. The first-order valence-electron chi connectivity index (χ1n) is 10.5. The van der Waals surface area contributed by atoms with Gasteiger partial charge in [-0.2, -0.15) is 4.31 Å². The Kier molecular flexibility index (Phi) is 6.45. The molecule has 0 aliphatic carbocycles. The molecule has 0 saturated carbocycles. The topological polar surface area (TPSA) is 76.2 Å². The van der Waals surface area contributed by atoms with E-state index in [0.29, 0.717) is 25.5 Å². The van der Waals surface area contributed by atoms with Crippen LogP contribution in [0.5, 0.6) is 5.75 Å². The summed E-state index contributed by atoms with van der Waals surface area (Å²) in [6.07, 6.45) is 0. The molecule has 0 unspecified atom stereocenters. The summed E-state index contributed by atoms with van der Waals surface area (Å²) in [4.78, 5) is 15.4. The number of nitrogens with zero attached hydrogens (tertiary/aromatic N) is 2. The highest BCUT2D eigenvalue weighted by molar-refractivity contribution is 7.89. The monoisotopic (exact) mass is 454 g/mol. The van der Waals surface area contributed by atoms with Crippen molar-refractivity contribution in [2.75, 3.05) is 44.9 Å². The van der Waals surface area contributed by atoms with Gasteiger partial charge >= 0.3 is 0 Å². The van der Waals surface area contributed by atoms with E-state index in [4.69, 9.17) is 9.47 Å². The van der Waals surface area contributed by atoms with Crippen molar-refractivity contribution in [3.63, 3.8) is 0 Å². The molecule has 0 bridgehead atoms. The number of hydrogen-bond acceptors (Lipinski definition) is 5. The van der Waals surface area contributed by atoms with E-state index in [2.05, 4.69) is 0 Å². The number of hydrogen-bond donors (Lipinski definition) is 0. The van der Waals surface area contributed by atoms with Crippen molar-refractivity contribution in [3.05, 3.63) is 66.2 Å². The second-order valence-corrected chi connectivity index (χ2v) is 9.36. The molecule has 7 nitrogen and oxygen atoms in total. The minimum atomic E-state index is -3.75. The summed E-state index contributed by atoms with van der Waals surface area (Å²) in [5, 5.41) is 1.97. The number of amides is 1. The fourth-order valence-electron chi connectivity index (χ4n) is 3.96. The molecule has 168 valence electrons.